The van der Waals surface area contributed by atoms with Gasteiger partial charge in [0.15, 0.2) is 0 Å². The topological polar surface area (TPSA) is 21.3 Å². The van der Waals surface area contributed by atoms with Gasteiger partial charge in [0, 0.05) is 12.6 Å². The highest BCUT2D eigenvalue weighted by Gasteiger charge is 2.19. The lowest BCUT2D eigenvalue weighted by atomic mass is 10.2. The molecule has 0 amide bonds. The van der Waals surface area contributed by atoms with Gasteiger partial charge >= 0.3 is 0 Å². The standard InChI is InChI=1S/C17H19NO/c1-2-5-14(6-3-1)13-19-17-8-4-7-15(11-17)12-18-16-9-10-16/h1-8,11,16,18H,9-10,12-13H2. The molecule has 1 N–H and O–H groups in total. The first-order valence-electron chi connectivity index (χ1n) is 6.89. The molecule has 2 aromatic carbocycles. The molecule has 0 aromatic heterocycles. The summed E-state index contributed by atoms with van der Waals surface area (Å²) in [6.07, 6.45) is 2.65. The van der Waals surface area contributed by atoms with Gasteiger partial charge in [0.2, 0.25) is 0 Å². The Morgan fingerprint density at radius 2 is 1.74 bits per heavy atom. The Morgan fingerprint density at radius 1 is 0.947 bits per heavy atom. The van der Waals surface area contributed by atoms with Crippen LogP contribution in [-0.4, -0.2) is 6.04 Å². The summed E-state index contributed by atoms with van der Waals surface area (Å²) in [5.41, 5.74) is 2.49. The highest BCUT2D eigenvalue weighted by atomic mass is 16.5. The van der Waals surface area contributed by atoms with Crippen LogP contribution in [-0.2, 0) is 13.2 Å². The van der Waals surface area contributed by atoms with Crippen molar-refractivity contribution in [2.75, 3.05) is 0 Å². The Labute approximate surface area is 114 Å². The average molecular weight is 253 g/mol. The van der Waals surface area contributed by atoms with Crippen LogP contribution in [0, 0.1) is 0 Å². The van der Waals surface area contributed by atoms with Gasteiger partial charge in [-0.2, -0.15) is 0 Å². The maximum atomic E-state index is 5.83. The molecule has 1 aliphatic carbocycles. The molecule has 3 rings (SSSR count). The van der Waals surface area contributed by atoms with E-state index in [0.717, 1.165) is 18.3 Å². The van der Waals surface area contributed by atoms with Crippen LogP contribution in [0.1, 0.15) is 24.0 Å². The van der Waals surface area contributed by atoms with E-state index in [1.807, 2.05) is 24.3 Å². The molecule has 1 aliphatic rings. The predicted molar refractivity (Wildman–Crippen MR) is 77.1 cm³/mol. The summed E-state index contributed by atoms with van der Waals surface area (Å²) in [5.74, 6) is 0.943. The smallest absolute Gasteiger partial charge is 0.120 e. The van der Waals surface area contributed by atoms with Crippen LogP contribution in [0.25, 0.3) is 0 Å². The molecule has 19 heavy (non-hydrogen) atoms. The van der Waals surface area contributed by atoms with E-state index >= 15 is 0 Å². The Balaban J connectivity index is 1.56. The van der Waals surface area contributed by atoms with Crippen molar-refractivity contribution >= 4 is 0 Å². The maximum absolute atomic E-state index is 5.83. The average Bonchev–Trinajstić information content (AvgIpc) is 3.29. The van der Waals surface area contributed by atoms with Gasteiger partial charge < -0.3 is 10.1 Å². The largest absolute Gasteiger partial charge is 0.489 e. The van der Waals surface area contributed by atoms with E-state index in [1.54, 1.807) is 0 Å². The first kappa shape index (κ1) is 12.2. The van der Waals surface area contributed by atoms with Crippen LogP contribution < -0.4 is 10.1 Å². The predicted octanol–water partition coefficient (Wildman–Crippen LogP) is 3.52. The zero-order valence-corrected chi connectivity index (χ0v) is 11.0. The van der Waals surface area contributed by atoms with E-state index < -0.39 is 0 Å². The lowest BCUT2D eigenvalue weighted by Crippen LogP contribution is -2.15. The summed E-state index contributed by atoms with van der Waals surface area (Å²) in [7, 11) is 0. The molecule has 2 aromatic rings. The molecular weight excluding hydrogens is 234 g/mol. The van der Waals surface area contributed by atoms with Crippen molar-refractivity contribution < 1.29 is 4.74 Å². The zero-order chi connectivity index (χ0) is 12.9. The van der Waals surface area contributed by atoms with Gasteiger partial charge in [-0.15, -0.1) is 0 Å². The van der Waals surface area contributed by atoms with E-state index in [4.69, 9.17) is 4.74 Å². The number of rotatable bonds is 6. The minimum atomic E-state index is 0.625. The van der Waals surface area contributed by atoms with E-state index in [2.05, 4.69) is 35.6 Å². The van der Waals surface area contributed by atoms with Crippen molar-refractivity contribution in [3.63, 3.8) is 0 Å². The molecule has 0 radical (unpaired) electrons. The SMILES string of the molecule is c1ccc(COc2cccc(CNC3CC3)c2)cc1. The van der Waals surface area contributed by atoms with E-state index in [-0.39, 0.29) is 0 Å². The molecule has 2 heteroatoms. The van der Waals surface area contributed by atoms with Crippen LogP contribution in [0.5, 0.6) is 5.75 Å². The van der Waals surface area contributed by atoms with E-state index in [1.165, 1.54) is 24.0 Å². The normalized spacial score (nSPS) is 14.3. The van der Waals surface area contributed by atoms with Crippen molar-refractivity contribution in [2.24, 2.45) is 0 Å². The Morgan fingerprint density at radius 3 is 2.53 bits per heavy atom. The summed E-state index contributed by atoms with van der Waals surface area (Å²) in [6, 6.07) is 19.3. The van der Waals surface area contributed by atoms with Crippen LogP contribution in [0.3, 0.4) is 0 Å². The maximum Gasteiger partial charge on any atom is 0.120 e. The fourth-order valence-electron chi connectivity index (χ4n) is 2.04. The van der Waals surface area contributed by atoms with Gasteiger partial charge in [0.25, 0.3) is 0 Å². The Bertz CT molecular complexity index is 520. The minimum Gasteiger partial charge on any atom is -0.489 e. The molecule has 0 atom stereocenters. The second kappa shape index (κ2) is 5.89. The molecule has 0 saturated heterocycles. The Hall–Kier alpha value is -1.80. The summed E-state index contributed by atoms with van der Waals surface area (Å²) in [4.78, 5) is 0. The Kier molecular flexibility index (Phi) is 3.80. The fraction of sp³-hybridized carbons (Fsp3) is 0.294. The highest BCUT2D eigenvalue weighted by Crippen LogP contribution is 2.20. The second-order valence-electron chi connectivity index (χ2n) is 5.08. The molecule has 0 unspecified atom stereocenters. The van der Waals surface area contributed by atoms with Gasteiger partial charge in [-0.1, -0.05) is 42.5 Å². The first-order chi connectivity index (χ1) is 9.40. The van der Waals surface area contributed by atoms with E-state index in [0.29, 0.717) is 6.61 Å². The quantitative estimate of drug-likeness (QED) is 0.850. The molecule has 2 nitrogen and oxygen atoms in total. The fourth-order valence-corrected chi connectivity index (χ4v) is 2.04. The van der Waals surface area contributed by atoms with Crippen molar-refractivity contribution in [3.05, 3.63) is 65.7 Å². The number of hydrogen-bond donors (Lipinski definition) is 1. The van der Waals surface area contributed by atoms with Crippen molar-refractivity contribution in [2.45, 2.75) is 32.0 Å². The van der Waals surface area contributed by atoms with Crippen molar-refractivity contribution in [3.8, 4) is 5.75 Å². The number of nitrogens with one attached hydrogen (secondary N) is 1. The number of benzene rings is 2. The van der Waals surface area contributed by atoms with Gasteiger partial charge in [-0.25, -0.2) is 0 Å². The molecule has 1 fully saturated rings. The summed E-state index contributed by atoms with van der Waals surface area (Å²) < 4.78 is 5.83. The van der Waals surface area contributed by atoms with Crippen LogP contribution in [0.2, 0.25) is 0 Å². The molecule has 0 bridgehead atoms. The van der Waals surface area contributed by atoms with Gasteiger partial charge in [0.05, 0.1) is 0 Å². The third-order valence-corrected chi connectivity index (χ3v) is 3.32. The molecule has 0 heterocycles. The number of hydrogen-bond acceptors (Lipinski definition) is 2. The van der Waals surface area contributed by atoms with Crippen molar-refractivity contribution in [1.29, 1.82) is 0 Å². The van der Waals surface area contributed by atoms with Crippen LogP contribution in [0.4, 0.5) is 0 Å². The lowest BCUT2D eigenvalue weighted by molar-refractivity contribution is 0.306. The monoisotopic (exact) mass is 253 g/mol. The summed E-state index contributed by atoms with van der Waals surface area (Å²) in [6.45, 7) is 1.56. The van der Waals surface area contributed by atoms with E-state index in [9.17, 15) is 0 Å². The highest BCUT2D eigenvalue weighted by molar-refractivity contribution is 5.29. The van der Waals surface area contributed by atoms with Crippen LogP contribution >= 0.6 is 0 Å². The van der Waals surface area contributed by atoms with Crippen LogP contribution in [0.15, 0.2) is 54.6 Å². The molecule has 98 valence electrons. The molecular formula is C17H19NO. The third-order valence-electron chi connectivity index (χ3n) is 3.32. The van der Waals surface area contributed by atoms with Gasteiger partial charge in [-0.3, -0.25) is 0 Å². The van der Waals surface area contributed by atoms with Gasteiger partial charge in [-0.05, 0) is 36.1 Å². The molecule has 0 spiro atoms. The molecule has 1 saturated carbocycles. The number of ether oxygens (including phenoxy) is 1. The van der Waals surface area contributed by atoms with Gasteiger partial charge in [0.1, 0.15) is 12.4 Å². The van der Waals surface area contributed by atoms with Crippen molar-refractivity contribution in [1.82, 2.24) is 5.32 Å². The first-order valence-corrected chi connectivity index (χ1v) is 6.89. The third kappa shape index (κ3) is 3.83. The summed E-state index contributed by atoms with van der Waals surface area (Å²) in [5, 5.41) is 3.52. The summed E-state index contributed by atoms with van der Waals surface area (Å²) >= 11 is 0. The molecule has 0 aliphatic heterocycles. The lowest BCUT2D eigenvalue weighted by Gasteiger charge is -2.08. The minimum absolute atomic E-state index is 0.625. The zero-order valence-electron chi connectivity index (χ0n) is 11.0. The second-order valence-corrected chi connectivity index (χ2v) is 5.08.